The summed E-state index contributed by atoms with van der Waals surface area (Å²) in [6.45, 7) is 0. The highest BCUT2D eigenvalue weighted by Crippen LogP contribution is 2.22. The van der Waals surface area contributed by atoms with Crippen LogP contribution in [0.25, 0.3) is 0 Å². The number of hydrogen-bond acceptors (Lipinski definition) is 6. The van der Waals surface area contributed by atoms with Crippen LogP contribution in [0.15, 0.2) is 36.8 Å². The Morgan fingerprint density at radius 3 is 2.54 bits per heavy atom. The van der Waals surface area contributed by atoms with E-state index in [9.17, 15) is 13.6 Å². The smallest absolute Gasteiger partial charge is 0.279 e. The number of nitrogens with zero attached hydrogens (tertiary/aromatic N) is 3. The molecule has 0 aliphatic heterocycles. The van der Waals surface area contributed by atoms with Gasteiger partial charge in [-0.1, -0.05) is 0 Å². The number of thiazole rings is 1. The molecule has 122 valence electrons. The standard InChI is InChI=1S/C15H11F2N5OS/c16-9-3-8(4-10(17)6-9)5-11-7-21-15(24-11)22-14(23)12-13(18)20-2-1-19-12/h1-4,6-7H,5H2,(H2,18,20)(H,21,22,23). The van der Waals surface area contributed by atoms with Crippen LogP contribution in [0.1, 0.15) is 20.9 Å². The molecule has 3 rings (SSSR count). The summed E-state index contributed by atoms with van der Waals surface area (Å²) < 4.78 is 26.4. The van der Waals surface area contributed by atoms with Gasteiger partial charge in [-0.3, -0.25) is 10.1 Å². The average Bonchev–Trinajstić information content (AvgIpc) is 2.93. The molecule has 6 nitrogen and oxygen atoms in total. The van der Waals surface area contributed by atoms with Gasteiger partial charge in [-0.2, -0.15) is 0 Å². The fraction of sp³-hybridized carbons (Fsp3) is 0.0667. The number of carbonyl (C=O) groups excluding carboxylic acids is 1. The lowest BCUT2D eigenvalue weighted by Gasteiger charge is -2.02. The maximum absolute atomic E-state index is 13.2. The van der Waals surface area contributed by atoms with Gasteiger partial charge in [0.25, 0.3) is 5.91 Å². The number of halogens is 2. The highest BCUT2D eigenvalue weighted by atomic mass is 32.1. The first-order valence-electron chi connectivity index (χ1n) is 6.79. The minimum atomic E-state index is -0.638. The van der Waals surface area contributed by atoms with E-state index < -0.39 is 17.5 Å². The van der Waals surface area contributed by atoms with E-state index in [1.165, 1.54) is 42.1 Å². The molecule has 9 heteroatoms. The Kier molecular flexibility index (Phi) is 4.43. The summed E-state index contributed by atoms with van der Waals surface area (Å²) in [4.78, 5) is 24.5. The number of rotatable bonds is 4. The van der Waals surface area contributed by atoms with Gasteiger partial charge in [0.05, 0.1) is 0 Å². The van der Waals surface area contributed by atoms with Crippen molar-refractivity contribution < 1.29 is 13.6 Å². The van der Waals surface area contributed by atoms with Gasteiger partial charge < -0.3 is 5.73 Å². The van der Waals surface area contributed by atoms with Crippen molar-refractivity contribution in [1.29, 1.82) is 0 Å². The Hall–Kier alpha value is -2.94. The van der Waals surface area contributed by atoms with Gasteiger partial charge in [0.2, 0.25) is 0 Å². The number of nitrogen functional groups attached to an aromatic ring is 1. The monoisotopic (exact) mass is 347 g/mol. The van der Waals surface area contributed by atoms with E-state index in [1.54, 1.807) is 0 Å². The molecule has 0 aliphatic carbocycles. The van der Waals surface area contributed by atoms with Gasteiger partial charge in [-0.15, -0.1) is 11.3 Å². The Morgan fingerprint density at radius 2 is 1.83 bits per heavy atom. The molecule has 0 saturated carbocycles. The van der Waals surface area contributed by atoms with Gasteiger partial charge >= 0.3 is 0 Å². The molecule has 1 aromatic carbocycles. The molecule has 3 aromatic rings. The van der Waals surface area contributed by atoms with E-state index in [1.807, 2.05) is 0 Å². The SMILES string of the molecule is Nc1nccnc1C(=O)Nc1ncc(Cc2cc(F)cc(F)c2)s1. The lowest BCUT2D eigenvalue weighted by Crippen LogP contribution is -2.16. The van der Waals surface area contributed by atoms with Crippen LogP contribution < -0.4 is 11.1 Å². The van der Waals surface area contributed by atoms with Crippen molar-refractivity contribution in [3.05, 3.63) is 64.6 Å². The number of nitrogens with two attached hydrogens (primary N) is 1. The molecule has 0 unspecified atom stereocenters. The number of anilines is 2. The predicted molar refractivity (Wildman–Crippen MR) is 85.7 cm³/mol. The Balaban J connectivity index is 1.71. The van der Waals surface area contributed by atoms with Gasteiger partial charge in [0.15, 0.2) is 16.6 Å². The lowest BCUT2D eigenvalue weighted by molar-refractivity contribution is 0.102. The molecule has 0 spiro atoms. The van der Waals surface area contributed by atoms with E-state index in [-0.39, 0.29) is 11.5 Å². The predicted octanol–water partition coefficient (Wildman–Crippen LogP) is 2.64. The quantitative estimate of drug-likeness (QED) is 0.757. The summed E-state index contributed by atoms with van der Waals surface area (Å²) >= 11 is 1.19. The third-order valence-corrected chi connectivity index (χ3v) is 3.93. The Labute approximate surface area is 139 Å². The number of carbonyl (C=O) groups is 1. The van der Waals surface area contributed by atoms with Crippen LogP contribution in [-0.2, 0) is 6.42 Å². The molecular weight excluding hydrogens is 336 g/mol. The minimum Gasteiger partial charge on any atom is -0.382 e. The van der Waals surface area contributed by atoms with Crippen LogP contribution in [0.3, 0.4) is 0 Å². The van der Waals surface area contributed by atoms with Gasteiger partial charge in [0.1, 0.15) is 11.6 Å². The molecule has 1 amide bonds. The van der Waals surface area contributed by atoms with Crippen molar-refractivity contribution in [3.8, 4) is 0 Å². The molecule has 2 heterocycles. The van der Waals surface area contributed by atoms with Crippen LogP contribution in [0, 0.1) is 11.6 Å². The largest absolute Gasteiger partial charge is 0.382 e. The van der Waals surface area contributed by atoms with Crippen molar-refractivity contribution in [2.45, 2.75) is 6.42 Å². The van der Waals surface area contributed by atoms with E-state index in [4.69, 9.17) is 5.73 Å². The first kappa shape index (κ1) is 15.9. The van der Waals surface area contributed by atoms with Crippen molar-refractivity contribution in [2.75, 3.05) is 11.1 Å². The van der Waals surface area contributed by atoms with Gasteiger partial charge in [-0.25, -0.2) is 23.7 Å². The number of nitrogens with one attached hydrogen (secondary N) is 1. The van der Waals surface area contributed by atoms with E-state index in [2.05, 4.69) is 20.3 Å². The molecule has 0 atom stereocenters. The second-order valence-corrected chi connectivity index (χ2v) is 5.95. The molecule has 0 aliphatic rings. The number of hydrogen-bond donors (Lipinski definition) is 2. The first-order chi connectivity index (χ1) is 11.5. The first-order valence-corrected chi connectivity index (χ1v) is 7.60. The molecule has 0 bridgehead atoms. The summed E-state index contributed by atoms with van der Waals surface area (Å²) in [6.07, 6.45) is 4.57. The molecular formula is C15H11F2N5OS. The van der Waals surface area contributed by atoms with Crippen LogP contribution in [-0.4, -0.2) is 20.9 Å². The summed E-state index contributed by atoms with van der Waals surface area (Å²) in [6, 6.07) is 3.32. The summed E-state index contributed by atoms with van der Waals surface area (Å²) in [7, 11) is 0. The maximum Gasteiger partial charge on any atom is 0.279 e. The number of aromatic nitrogens is 3. The normalized spacial score (nSPS) is 10.6. The van der Waals surface area contributed by atoms with E-state index >= 15 is 0 Å². The minimum absolute atomic E-state index is 0.00134. The topological polar surface area (TPSA) is 93.8 Å². The molecule has 3 N–H and O–H groups in total. The molecule has 0 radical (unpaired) electrons. The molecule has 2 aromatic heterocycles. The fourth-order valence-corrected chi connectivity index (χ4v) is 2.88. The van der Waals surface area contributed by atoms with Crippen molar-refractivity contribution >= 4 is 28.2 Å². The summed E-state index contributed by atoms with van der Waals surface area (Å²) in [5, 5.41) is 2.90. The van der Waals surface area contributed by atoms with Crippen LogP contribution in [0.5, 0.6) is 0 Å². The Morgan fingerprint density at radius 1 is 1.12 bits per heavy atom. The fourth-order valence-electron chi connectivity index (χ4n) is 2.04. The highest BCUT2D eigenvalue weighted by molar-refractivity contribution is 7.15. The van der Waals surface area contributed by atoms with Crippen LogP contribution in [0.4, 0.5) is 19.7 Å². The second kappa shape index (κ2) is 6.67. The van der Waals surface area contributed by atoms with E-state index in [0.29, 0.717) is 17.1 Å². The third kappa shape index (κ3) is 3.69. The summed E-state index contributed by atoms with van der Waals surface area (Å²) in [5.41, 5.74) is 6.07. The van der Waals surface area contributed by atoms with Crippen LogP contribution >= 0.6 is 11.3 Å². The Bertz CT molecular complexity index is 879. The van der Waals surface area contributed by atoms with Gasteiger partial charge in [-0.05, 0) is 17.7 Å². The number of benzene rings is 1. The highest BCUT2D eigenvalue weighted by Gasteiger charge is 2.14. The number of amides is 1. The molecule has 0 fully saturated rings. The zero-order chi connectivity index (χ0) is 17.1. The molecule has 0 saturated heterocycles. The van der Waals surface area contributed by atoms with Crippen molar-refractivity contribution in [2.24, 2.45) is 0 Å². The second-order valence-electron chi connectivity index (χ2n) is 4.83. The zero-order valence-corrected chi connectivity index (χ0v) is 13.0. The van der Waals surface area contributed by atoms with Crippen molar-refractivity contribution in [1.82, 2.24) is 15.0 Å². The van der Waals surface area contributed by atoms with Crippen molar-refractivity contribution in [3.63, 3.8) is 0 Å². The van der Waals surface area contributed by atoms with E-state index in [0.717, 1.165) is 10.9 Å². The maximum atomic E-state index is 13.2. The molecule has 24 heavy (non-hydrogen) atoms. The van der Waals surface area contributed by atoms with Crippen LogP contribution in [0.2, 0.25) is 0 Å². The third-order valence-electron chi connectivity index (χ3n) is 3.02. The van der Waals surface area contributed by atoms with Gasteiger partial charge in [0, 0.05) is 36.0 Å². The zero-order valence-electron chi connectivity index (χ0n) is 12.2. The lowest BCUT2D eigenvalue weighted by atomic mass is 10.1. The average molecular weight is 347 g/mol. The summed E-state index contributed by atoms with van der Waals surface area (Å²) in [5.74, 6) is -1.79.